The standard InChI is InChI=1S/C18H15F2N3O2/c19-14-5-13(6-15(20)9-14)8-17(24)23-16(18(22)25)7-11-2-1-3-12(4-11)10-21/h1-6,9,16H,7-8H2,(H2,22,25)(H,23,24)/t16-/m0/s1. The highest BCUT2D eigenvalue weighted by Gasteiger charge is 2.19. The molecule has 7 heteroatoms. The van der Waals surface area contributed by atoms with E-state index in [4.69, 9.17) is 11.0 Å². The molecule has 0 aliphatic heterocycles. The van der Waals surface area contributed by atoms with Crippen LogP contribution in [0.5, 0.6) is 0 Å². The number of amides is 2. The van der Waals surface area contributed by atoms with Gasteiger partial charge in [-0.05, 0) is 35.4 Å². The fraction of sp³-hybridized carbons (Fsp3) is 0.167. The monoisotopic (exact) mass is 343 g/mol. The molecule has 128 valence electrons. The number of nitrogens with two attached hydrogens (primary N) is 1. The minimum atomic E-state index is -1.00. The van der Waals surface area contributed by atoms with Crippen LogP contribution in [0, 0.1) is 23.0 Å². The van der Waals surface area contributed by atoms with Crippen molar-refractivity contribution in [3.05, 3.63) is 70.8 Å². The zero-order valence-electron chi connectivity index (χ0n) is 13.1. The first-order valence-corrected chi connectivity index (χ1v) is 7.40. The van der Waals surface area contributed by atoms with Gasteiger partial charge < -0.3 is 11.1 Å². The molecule has 0 aliphatic rings. The van der Waals surface area contributed by atoms with Gasteiger partial charge in [0.15, 0.2) is 0 Å². The number of nitriles is 1. The Morgan fingerprint density at radius 3 is 2.40 bits per heavy atom. The maximum absolute atomic E-state index is 13.2. The first-order chi connectivity index (χ1) is 11.9. The summed E-state index contributed by atoms with van der Waals surface area (Å²) in [7, 11) is 0. The third kappa shape index (κ3) is 5.39. The number of primary amides is 1. The number of hydrogen-bond acceptors (Lipinski definition) is 3. The van der Waals surface area contributed by atoms with E-state index < -0.39 is 29.5 Å². The first kappa shape index (κ1) is 18.1. The van der Waals surface area contributed by atoms with Crippen LogP contribution in [0.1, 0.15) is 16.7 Å². The predicted molar refractivity (Wildman–Crippen MR) is 86.0 cm³/mol. The average Bonchev–Trinajstić information content (AvgIpc) is 2.53. The fourth-order valence-corrected chi connectivity index (χ4v) is 2.37. The van der Waals surface area contributed by atoms with Crippen LogP contribution in [-0.2, 0) is 22.4 Å². The highest BCUT2D eigenvalue weighted by Crippen LogP contribution is 2.10. The minimum absolute atomic E-state index is 0.105. The number of rotatable bonds is 6. The molecule has 0 spiro atoms. The predicted octanol–water partition coefficient (Wildman–Crippen LogP) is 1.59. The molecule has 0 saturated heterocycles. The normalized spacial score (nSPS) is 11.4. The van der Waals surface area contributed by atoms with Crippen LogP contribution in [0.25, 0.3) is 0 Å². The summed E-state index contributed by atoms with van der Waals surface area (Å²) in [5.74, 6) is -2.92. The molecule has 2 rings (SSSR count). The molecule has 5 nitrogen and oxygen atoms in total. The Kier molecular flexibility index (Phi) is 5.79. The molecule has 0 aliphatic carbocycles. The molecule has 0 fully saturated rings. The van der Waals surface area contributed by atoms with Gasteiger partial charge in [-0.25, -0.2) is 8.78 Å². The van der Waals surface area contributed by atoms with Gasteiger partial charge in [0.2, 0.25) is 11.8 Å². The highest BCUT2D eigenvalue weighted by atomic mass is 19.1. The van der Waals surface area contributed by atoms with Crippen LogP contribution in [0.2, 0.25) is 0 Å². The van der Waals surface area contributed by atoms with Crippen molar-refractivity contribution >= 4 is 11.8 Å². The van der Waals surface area contributed by atoms with Crippen molar-refractivity contribution in [3.8, 4) is 6.07 Å². The van der Waals surface area contributed by atoms with Crippen molar-refractivity contribution in [2.45, 2.75) is 18.9 Å². The van der Waals surface area contributed by atoms with Gasteiger partial charge in [0.1, 0.15) is 17.7 Å². The molecule has 25 heavy (non-hydrogen) atoms. The van der Waals surface area contributed by atoms with E-state index in [1.807, 2.05) is 6.07 Å². The summed E-state index contributed by atoms with van der Waals surface area (Å²) in [6.07, 6.45) is -0.190. The summed E-state index contributed by atoms with van der Waals surface area (Å²) < 4.78 is 26.3. The number of nitrogens with one attached hydrogen (secondary N) is 1. The second-order valence-corrected chi connectivity index (χ2v) is 5.49. The smallest absolute Gasteiger partial charge is 0.240 e. The second kappa shape index (κ2) is 8.02. The lowest BCUT2D eigenvalue weighted by atomic mass is 10.0. The van der Waals surface area contributed by atoms with E-state index in [1.165, 1.54) is 0 Å². The zero-order valence-corrected chi connectivity index (χ0v) is 13.1. The maximum Gasteiger partial charge on any atom is 0.240 e. The summed E-state index contributed by atoms with van der Waals surface area (Å²) in [4.78, 5) is 23.6. The molecule has 0 aromatic heterocycles. The highest BCUT2D eigenvalue weighted by molar-refractivity contribution is 5.87. The van der Waals surface area contributed by atoms with Crippen molar-refractivity contribution in [1.29, 1.82) is 5.26 Å². The Morgan fingerprint density at radius 1 is 1.12 bits per heavy atom. The molecule has 0 bridgehead atoms. The van der Waals surface area contributed by atoms with E-state index >= 15 is 0 Å². The second-order valence-electron chi connectivity index (χ2n) is 5.49. The van der Waals surface area contributed by atoms with Crippen LogP contribution in [0.3, 0.4) is 0 Å². The van der Waals surface area contributed by atoms with Crippen molar-refractivity contribution < 1.29 is 18.4 Å². The Labute approximate surface area is 143 Å². The first-order valence-electron chi connectivity index (χ1n) is 7.40. The average molecular weight is 343 g/mol. The van der Waals surface area contributed by atoms with E-state index in [9.17, 15) is 18.4 Å². The molecule has 0 heterocycles. The van der Waals surface area contributed by atoms with Gasteiger partial charge in [0, 0.05) is 12.5 Å². The Hall–Kier alpha value is -3.27. The van der Waals surface area contributed by atoms with Gasteiger partial charge in [-0.3, -0.25) is 9.59 Å². The van der Waals surface area contributed by atoms with Gasteiger partial charge in [0.05, 0.1) is 18.1 Å². The number of benzene rings is 2. The molecule has 3 N–H and O–H groups in total. The maximum atomic E-state index is 13.2. The molecule has 0 unspecified atom stereocenters. The lowest BCUT2D eigenvalue weighted by molar-refractivity contribution is -0.127. The van der Waals surface area contributed by atoms with Gasteiger partial charge in [-0.15, -0.1) is 0 Å². The van der Waals surface area contributed by atoms with Gasteiger partial charge >= 0.3 is 0 Å². The van der Waals surface area contributed by atoms with Gasteiger partial charge in [0.25, 0.3) is 0 Å². The summed E-state index contributed by atoms with van der Waals surface area (Å²) in [5.41, 5.74) is 6.52. The van der Waals surface area contributed by atoms with Gasteiger partial charge in [-0.2, -0.15) is 5.26 Å². The lowest BCUT2D eigenvalue weighted by Gasteiger charge is -2.16. The largest absolute Gasteiger partial charge is 0.368 e. The molecule has 0 radical (unpaired) electrons. The molecule has 2 aromatic rings. The molecular formula is C18H15F2N3O2. The van der Waals surface area contributed by atoms with Gasteiger partial charge in [-0.1, -0.05) is 12.1 Å². The Balaban J connectivity index is 2.06. The lowest BCUT2D eigenvalue weighted by Crippen LogP contribution is -2.46. The zero-order chi connectivity index (χ0) is 18.4. The van der Waals surface area contributed by atoms with Crippen LogP contribution in [0.15, 0.2) is 42.5 Å². The van der Waals surface area contributed by atoms with Crippen molar-refractivity contribution in [1.82, 2.24) is 5.32 Å². The topological polar surface area (TPSA) is 96.0 Å². The van der Waals surface area contributed by atoms with Crippen molar-refractivity contribution in [2.75, 3.05) is 0 Å². The molecule has 1 atom stereocenters. The Bertz CT molecular complexity index is 826. The number of hydrogen-bond donors (Lipinski definition) is 2. The molecule has 2 amide bonds. The van der Waals surface area contributed by atoms with E-state index in [1.54, 1.807) is 24.3 Å². The number of carbonyl (C=O) groups excluding carboxylic acids is 2. The van der Waals surface area contributed by atoms with E-state index in [0.29, 0.717) is 17.2 Å². The van der Waals surface area contributed by atoms with E-state index in [0.717, 1.165) is 12.1 Å². The summed E-state index contributed by atoms with van der Waals surface area (Å²) >= 11 is 0. The summed E-state index contributed by atoms with van der Waals surface area (Å²) in [6, 6.07) is 10.3. The van der Waals surface area contributed by atoms with Crippen LogP contribution < -0.4 is 11.1 Å². The molecule has 2 aromatic carbocycles. The van der Waals surface area contributed by atoms with E-state index in [-0.39, 0.29) is 18.4 Å². The minimum Gasteiger partial charge on any atom is -0.368 e. The number of nitrogens with zero attached hydrogens (tertiary/aromatic N) is 1. The van der Waals surface area contributed by atoms with Crippen molar-refractivity contribution in [3.63, 3.8) is 0 Å². The number of carbonyl (C=O) groups is 2. The fourth-order valence-electron chi connectivity index (χ4n) is 2.37. The third-order valence-electron chi connectivity index (χ3n) is 3.46. The SMILES string of the molecule is N#Cc1cccc(C[C@H](NC(=O)Cc2cc(F)cc(F)c2)C(N)=O)c1. The van der Waals surface area contributed by atoms with Crippen LogP contribution >= 0.6 is 0 Å². The summed E-state index contributed by atoms with van der Waals surface area (Å²) in [5, 5.41) is 11.3. The number of halogens is 2. The Morgan fingerprint density at radius 2 is 1.80 bits per heavy atom. The van der Waals surface area contributed by atoms with E-state index in [2.05, 4.69) is 5.32 Å². The van der Waals surface area contributed by atoms with Crippen LogP contribution in [-0.4, -0.2) is 17.9 Å². The summed E-state index contributed by atoms with van der Waals surface area (Å²) in [6.45, 7) is 0. The molecule has 0 saturated carbocycles. The van der Waals surface area contributed by atoms with Crippen LogP contribution in [0.4, 0.5) is 8.78 Å². The molecular weight excluding hydrogens is 328 g/mol. The third-order valence-corrected chi connectivity index (χ3v) is 3.46. The quantitative estimate of drug-likeness (QED) is 0.834. The van der Waals surface area contributed by atoms with Crippen molar-refractivity contribution in [2.24, 2.45) is 5.73 Å².